The van der Waals surface area contributed by atoms with Gasteiger partial charge in [0.25, 0.3) is 0 Å². The largest absolute Gasteiger partial charge is 0.494 e. The van der Waals surface area contributed by atoms with Crippen molar-refractivity contribution in [2.75, 3.05) is 7.11 Å². The van der Waals surface area contributed by atoms with Gasteiger partial charge in [-0.1, -0.05) is 33.8 Å². The Balaban J connectivity index is 2.54. The fourth-order valence-electron chi connectivity index (χ4n) is 2.79. The highest BCUT2D eigenvalue weighted by molar-refractivity contribution is 5.29. The summed E-state index contributed by atoms with van der Waals surface area (Å²) in [6.07, 6.45) is 1.86. The molecule has 1 rings (SSSR count). The molecule has 1 N–H and O–H groups in total. The predicted molar refractivity (Wildman–Crippen MR) is 80.5 cm³/mol. The Morgan fingerprint density at radius 2 is 1.95 bits per heavy atom. The zero-order valence-electron chi connectivity index (χ0n) is 13.2. The van der Waals surface area contributed by atoms with Crippen LogP contribution < -0.4 is 4.74 Å². The minimum Gasteiger partial charge on any atom is -0.494 e. The first-order chi connectivity index (χ1) is 9.21. The SMILES string of the molecule is COc1ccc(CC(O)CC(C)CC(C)(C)C)cc1F. The fourth-order valence-corrected chi connectivity index (χ4v) is 2.79. The predicted octanol–water partition coefficient (Wildman–Crippen LogP) is 4.20. The Bertz CT molecular complexity index is 423. The van der Waals surface area contributed by atoms with E-state index in [2.05, 4.69) is 27.7 Å². The lowest BCUT2D eigenvalue weighted by molar-refractivity contribution is 0.132. The molecule has 0 radical (unpaired) electrons. The summed E-state index contributed by atoms with van der Waals surface area (Å²) < 4.78 is 18.5. The molecule has 1 aromatic carbocycles. The molecule has 114 valence electrons. The second kappa shape index (κ2) is 7.07. The summed E-state index contributed by atoms with van der Waals surface area (Å²) in [7, 11) is 1.45. The van der Waals surface area contributed by atoms with E-state index in [0.29, 0.717) is 12.3 Å². The molecule has 0 heterocycles. The molecule has 0 amide bonds. The van der Waals surface area contributed by atoms with Crippen molar-refractivity contribution in [2.24, 2.45) is 11.3 Å². The molecule has 0 saturated heterocycles. The number of aliphatic hydroxyl groups is 1. The van der Waals surface area contributed by atoms with Gasteiger partial charge < -0.3 is 9.84 Å². The van der Waals surface area contributed by atoms with E-state index in [1.165, 1.54) is 13.2 Å². The summed E-state index contributed by atoms with van der Waals surface area (Å²) in [5, 5.41) is 10.1. The lowest BCUT2D eigenvalue weighted by atomic mass is 9.83. The quantitative estimate of drug-likeness (QED) is 0.847. The topological polar surface area (TPSA) is 29.5 Å². The van der Waals surface area contributed by atoms with E-state index in [4.69, 9.17) is 4.74 Å². The van der Waals surface area contributed by atoms with Crippen LogP contribution in [0, 0.1) is 17.2 Å². The molecule has 0 aliphatic rings. The van der Waals surface area contributed by atoms with Crippen molar-refractivity contribution in [1.29, 1.82) is 0 Å². The van der Waals surface area contributed by atoms with E-state index < -0.39 is 6.10 Å². The molecule has 1 aromatic rings. The smallest absolute Gasteiger partial charge is 0.165 e. The summed E-state index contributed by atoms with van der Waals surface area (Å²) in [6, 6.07) is 4.85. The zero-order valence-corrected chi connectivity index (χ0v) is 13.2. The van der Waals surface area contributed by atoms with Crippen LogP contribution in [0.2, 0.25) is 0 Å². The lowest BCUT2D eigenvalue weighted by Gasteiger charge is -2.25. The zero-order chi connectivity index (χ0) is 15.3. The minimum absolute atomic E-state index is 0.240. The molecule has 2 nitrogen and oxygen atoms in total. The van der Waals surface area contributed by atoms with Crippen molar-refractivity contribution in [2.45, 2.75) is 53.1 Å². The summed E-state index contributed by atoms with van der Waals surface area (Å²) in [5.41, 5.74) is 1.07. The van der Waals surface area contributed by atoms with Crippen LogP contribution >= 0.6 is 0 Å². The van der Waals surface area contributed by atoms with Gasteiger partial charge >= 0.3 is 0 Å². The standard InChI is InChI=1S/C17H27FO2/c1-12(11-17(2,3)4)8-14(19)9-13-6-7-16(20-5)15(18)10-13/h6-7,10,12,14,19H,8-9,11H2,1-5H3. The van der Waals surface area contributed by atoms with Crippen LogP contribution in [0.3, 0.4) is 0 Å². The minimum atomic E-state index is -0.430. The van der Waals surface area contributed by atoms with Gasteiger partial charge in [0, 0.05) is 0 Å². The van der Waals surface area contributed by atoms with E-state index in [1.54, 1.807) is 12.1 Å². The average molecular weight is 282 g/mol. The maximum Gasteiger partial charge on any atom is 0.165 e. The van der Waals surface area contributed by atoms with Crippen LogP contribution in [0.4, 0.5) is 4.39 Å². The molecule has 2 atom stereocenters. The van der Waals surface area contributed by atoms with Gasteiger partial charge in [-0.15, -0.1) is 0 Å². The molecule has 0 bridgehead atoms. The van der Waals surface area contributed by atoms with Gasteiger partial charge in [-0.3, -0.25) is 0 Å². The third-order valence-electron chi connectivity index (χ3n) is 3.32. The molecule has 2 unspecified atom stereocenters. The molecule has 0 aromatic heterocycles. The monoisotopic (exact) mass is 282 g/mol. The van der Waals surface area contributed by atoms with Gasteiger partial charge in [-0.05, 0) is 48.3 Å². The third-order valence-corrected chi connectivity index (χ3v) is 3.32. The average Bonchev–Trinajstić information content (AvgIpc) is 2.25. The highest BCUT2D eigenvalue weighted by Crippen LogP contribution is 2.27. The van der Waals surface area contributed by atoms with Crippen molar-refractivity contribution in [1.82, 2.24) is 0 Å². The van der Waals surface area contributed by atoms with E-state index in [9.17, 15) is 9.50 Å². The van der Waals surface area contributed by atoms with Crippen molar-refractivity contribution in [3.63, 3.8) is 0 Å². The molecule has 0 aliphatic carbocycles. The van der Waals surface area contributed by atoms with Crippen molar-refractivity contribution in [3.05, 3.63) is 29.6 Å². The number of hydrogen-bond donors (Lipinski definition) is 1. The highest BCUT2D eigenvalue weighted by atomic mass is 19.1. The summed E-state index contributed by atoms with van der Waals surface area (Å²) in [5.74, 6) is 0.317. The molecule has 20 heavy (non-hydrogen) atoms. The van der Waals surface area contributed by atoms with Crippen LogP contribution in [0.5, 0.6) is 5.75 Å². The fraction of sp³-hybridized carbons (Fsp3) is 0.647. The summed E-state index contributed by atoms with van der Waals surface area (Å²) in [6.45, 7) is 8.77. The number of aliphatic hydroxyl groups excluding tert-OH is 1. The number of rotatable bonds is 6. The Morgan fingerprint density at radius 3 is 2.45 bits per heavy atom. The van der Waals surface area contributed by atoms with Crippen molar-refractivity contribution < 1.29 is 14.2 Å². The van der Waals surface area contributed by atoms with Gasteiger partial charge in [-0.2, -0.15) is 0 Å². The molecule has 0 fully saturated rings. The first-order valence-electron chi connectivity index (χ1n) is 7.22. The normalized spacial score (nSPS) is 14.9. The first-order valence-corrected chi connectivity index (χ1v) is 7.22. The lowest BCUT2D eigenvalue weighted by Crippen LogP contribution is -2.18. The van der Waals surface area contributed by atoms with Gasteiger partial charge in [-0.25, -0.2) is 4.39 Å². The van der Waals surface area contributed by atoms with Gasteiger partial charge in [0.05, 0.1) is 13.2 Å². The van der Waals surface area contributed by atoms with Crippen LogP contribution in [-0.4, -0.2) is 18.3 Å². The number of hydrogen-bond acceptors (Lipinski definition) is 2. The highest BCUT2D eigenvalue weighted by Gasteiger charge is 2.18. The van der Waals surface area contributed by atoms with Crippen LogP contribution in [0.25, 0.3) is 0 Å². The second-order valence-corrected chi connectivity index (χ2v) is 6.93. The Morgan fingerprint density at radius 1 is 1.30 bits per heavy atom. The molecule has 3 heteroatoms. The van der Waals surface area contributed by atoms with E-state index in [0.717, 1.165) is 18.4 Å². The number of halogens is 1. The molecule has 0 spiro atoms. The summed E-state index contributed by atoms with van der Waals surface area (Å²) >= 11 is 0. The summed E-state index contributed by atoms with van der Waals surface area (Å²) in [4.78, 5) is 0. The van der Waals surface area contributed by atoms with Crippen molar-refractivity contribution in [3.8, 4) is 5.75 Å². The number of ether oxygens (including phenoxy) is 1. The van der Waals surface area contributed by atoms with E-state index >= 15 is 0 Å². The van der Waals surface area contributed by atoms with Crippen LogP contribution in [0.15, 0.2) is 18.2 Å². The maximum atomic E-state index is 13.6. The molecule has 0 aliphatic heterocycles. The van der Waals surface area contributed by atoms with Crippen LogP contribution in [0.1, 0.15) is 46.1 Å². The number of benzene rings is 1. The number of methoxy groups -OCH3 is 1. The Labute approximate surface area is 122 Å². The molecule has 0 saturated carbocycles. The third kappa shape index (κ3) is 5.91. The van der Waals surface area contributed by atoms with E-state index in [1.807, 2.05) is 0 Å². The van der Waals surface area contributed by atoms with Gasteiger partial charge in [0.15, 0.2) is 11.6 Å². The van der Waals surface area contributed by atoms with Crippen LogP contribution in [-0.2, 0) is 6.42 Å². The molecular formula is C17H27FO2. The Kier molecular flexibility index (Phi) is 6.00. The van der Waals surface area contributed by atoms with E-state index in [-0.39, 0.29) is 17.0 Å². The van der Waals surface area contributed by atoms with Crippen molar-refractivity contribution >= 4 is 0 Å². The van der Waals surface area contributed by atoms with Gasteiger partial charge in [0.2, 0.25) is 0 Å². The Hall–Kier alpha value is -1.09. The molecular weight excluding hydrogens is 255 g/mol. The first kappa shape index (κ1) is 17.0. The maximum absolute atomic E-state index is 13.6. The van der Waals surface area contributed by atoms with Gasteiger partial charge in [0.1, 0.15) is 0 Å². The second-order valence-electron chi connectivity index (χ2n) is 6.93.